The first-order valence-corrected chi connectivity index (χ1v) is 9.60. The van der Waals surface area contributed by atoms with Crippen molar-refractivity contribution >= 4 is 16.9 Å². The molecule has 0 aliphatic heterocycles. The molecule has 142 valence electrons. The number of ether oxygens (including phenoxy) is 1. The summed E-state index contributed by atoms with van der Waals surface area (Å²) in [6.45, 7) is 3.76. The third-order valence-corrected chi connectivity index (χ3v) is 4.76. The number of aromatic nitrogens is 2. The van der Waals surface area contributed by atoms with E-state index in [2.05, 4.69) is 35.0 Å². The van der Waals surface area contributed by atoms with Crippen molar-refractivity contribution in [1.82, 2.24) is 14.9 Å². The van der Waals surface area contributed by atoms with Crippen LogP contribution in [0.4, 0.5) is 0 Å². The molecule has 0 aliphatic rings. The number of hydrogen-bond acceptors (Lipinski definition) is 3. The minimum Gasteiger partial charge on any atom is -0.496 e. The molecule has 27 heavy (non-hydrogen) atoms. The summed E-state index contributed by atoms with van der Waals surface area (Å²) in [7, 11) is 1.58. The molecule has 3 aromatic rings. The van der Waals surface area contributed by atoms with Crippen LogP contribution < -0.4 is 10.1 Å². The number of nitrogens with one attached hydrogen (secondary N) is 1. The minimum atomic E-state index is -0.0831. The van der Waals surface area contributed by atoms with E-state index in [4.69, 9.17) is 9.72 Å². The Hall–Kier alpha value is -2.82. The third-order valence-electron chi connectivity index (χ3n) is 4.76. The molecule has 1 heterocycles. The van der Waals surface area contributed by atoms with Gasteiger partial charge in [-0.3, -0.25) is 4.79 Å². The standard InChI is InChI=1S/C22H27N3O2/c1-3-25-19-13-8-7-12-18(19)24-21(25)15-5-4-10-16-23-22(26)17-11-6-9-14-20(17)27-2/h6-9,11-14H,3-5,10,15-16H2,1-2H3,(H,23,26). The molecule has 0 saturated carbocycles. The van der Waals surface area contributed by atoms with E-state index in [1.54, 1.807) is 19.2 Å². The lowest BCUT2D eigenvalue weighted by Gasteiger charge is -2.09. The molecule has 5 nitrogen and oxygen atoms in total. The molecule has 1 N–H and O–H groups in total. The molecule has 1 amide bonds. The van der Waals surface area contributed by atoms with Crippen LogP contribution in [0.2, 0.25) is 0 Å². The Kier molecular flexibility index (Phi) is 6.47. The Morgan fingerprint density at radius 1 is 1.07 bits per heavy atom. The maximum absolute atomic E-state index is 12.3. The summed E-state index contributed by atoms with van der Waals surface area (Å²) in [6.07, 6.45) is 4.03. The van der Waals surface area contributed by atoms with Crippen molar-refractivity contribution in [2.75, 3.05) is 13.7 Å². The number of amides is 1. The lowest BCUT2D eigenvalue weighted by Crippen LogP contribution is -2.24. The highest BCUT2D eigenvalue weighted by atomic mass is 16.5. The molecule has 0 fully saturated rings. The van der Waals surface area contributed by atoms with Crippen molar-refractivity contribution in [2.24, 2.45) is 0 Å². The summed E-state index contributed by atoms with van der Waals surface area (Å²) in [6, 6.07) is 15.6. The highest BCUT2D eigenvalue weighted by Crippen LogP contribution is 2.18. The molecular formula is C22H27N3O2. The van der Waals surface area contributed by atoms with Gasteiger partial charge in [0.2, 0.25) is 0 Å². The second-order valence-corrected chi connectivity index (χ2v) is 6.53. The first-order chi connectivity index (χ1) is 13.2. The van der Waals surface area contributed by atoms with Gasteiger partial charge in [0.15, 0.2) is 0 Å². The summed E-state index contributed by atoms with van der Waals surface area (Å²) in [5.41, 5.74) is 2.86. The van der Waals surface area contributed by atoms with E-state index in [9.17, 15) is 4.79 Å². The predicted octanol–water partition coefficient (Wildman–Crippen LogP) is 4.21. The number of imidazole rings is 1. The van der Waals surface area contributed by atoms with Crippen molar-refractivity contribution in [3.8, 4) is 5.75 Å². The fourth-order valence-electron chi connectivity index (χ4n) is 3.38. The van der Waals surface area contributed by atoms with Crippen LogP contribution in [0, 0.1) is 0 Å². The number of methoxy groups -OCH3 is 1. The lowest BCUT2D eigenvalue weighted by atomic mass is 10.1. The summed E-state index contributed by atoms with van der Waals surface area (Å²) in [5.74, 6) is 1.67. The van der Waals surface area contributed by atoms with Crippen LogP contribution in [0.3, 0.4) is 0 Å². The van der Waals surface area contributed by atoms with Gasteiger partial charge >= 0.3 is 0 Å². The van der Waals surface area contributed by atoms with Crippen molar-refractivity contribution in [1.29, 1.82) is 0 Å². The van der Waals surface area contributed by atoms with E-state index >= 15 is 0 Å². The maximum atomic E-state index is 12.3. The number of rotatable bonds is 9. The smallest absolute Gasteiger partial charge is 0.255 e. The number of para-hydroxylation sites is 3. The summed E-state index contributed by atoms with van der Waals surface area (Å²) in [4.78, 5) is 17.0. The zero-order chi connectivity index (χ0) is 19.1. The van der Waals surface area contributed by atoms with Gasteiger partial charge in [-0.15, -0.1) is 0 Å². The van der Waals surface area contributed by atoms with Crippen LogP contribution >= 0.6 is 0 Å². The van der Waals surface area contributed by atoms with Crippen molar-refractivity contribution in [3.05, 3.63) is 59.9 Å². The van der Waals surface area contributed by atoms with Gasteiger partial charge in [0.25, 0.3) is 5.91 Å². The molecule has 0 saturated heterocycles. The molecule has 2 aromatic carbocycles. The van der Waals surface area contributed by atoms with Crippen molar-refractivity contribution < 1.29 is 9.53 Å². The van der Waals surface area contributed by atoms with Crippen LogP contribution in [0.5, 0.6) is 5.75 Å². The normalized spacial score (nSPS) is 10.9. The van der Waals surface area contributed by atoms with Crippen molar-refractivity contribution in [2.45, 2.75) is 39.2 Å². The van der Waals surface area contributed by atoms with Crippen LogP contribution in [0.1, 0.15) is 42.4 Å². The molecule has 5 heteroatoms. The summed E-state index contributed by atoms with van der Waals surface area (Å²) >= 11 is 0. The maximum Gasteiger partial charge on any atom is 0.255 e. The van der Waals surface area contributed by atoms with Gasteiger partial charge in [-0.1, -0.05) is 30.7 Å². The number of nitrogens with zero attached hydrogens (tertiary/aromatic N) is 2. The molecule has 3 rings (SSSR count). The average molecular weight is 365 g/mol. The molecule has 0 bridgehead atoms. The van der Waals surface area contributed by atoms with Crippen molar-refractivity contribution in [3.63, 3.8) is 0 Å². The highest BCUT2D eigenvalue weighted by Gasteiger charge is 2.11. The van der Waals surface area contributed by atoms with Gasteiger partial charge in [0.05, 0.1) is 23.7 Å². The fraction of sp³-hybridized carbons (Fsp3) is 0.364. The second kappa shape index (κ2) is 9.21. The Balaban J connectivity index is 1.44. The van der Waals surface area contributed by atoms with Gasteiger partial charge in [-0.2, -0.15) is 0 Å². The van der Waals surface area contributed by atoms with E-state index in [1.807, 2.05) is 18.2 Å². The molecule has 0 unspecified atom stereocenters. The monoisotopic (exact) mass is 365 g/mol. The number of fused-ring (bicyclic) bond motifs is 1. The Morgan fingerprint density at radius 3 is 2.67 bits per heavy atom. The number of carbonyl (C=O) groups excluding carboxylic acids is 1. The van der Waals surface area contributed by atoms with Crippen LogP contribution in [0.15, 0.2) is 48.5 Å². The first-order valence-electron chi connectivity index (χ1n) is 9.60. The molecule has 0 aliphatic carbocycles. The van der Waals surface area contributed by atoms with Gasteiger partial charge in [0, 0.05) is 19.5 Å². The van der Waals surface area contributed by atoms with E-state index in [0.717, 1.165) is 43.6 Å². The quantitative estimate of drug-likeness (QED) is 0.578. The Labute approximate surface area is 160 Å². The fourth-order valence-corrected chi connectivity index (χ4v) is 3.38. The number of carbonyl (C=O) groups is 1. The van der Waals surface area contributed by atoms with E-state index in [1.165, 1.54) is 5.52 Å². The Morgan fingerprint density at radius 2 is 1.85 bits per heavy atom. The highest BCUT2D eigenvalue weighted by molar-refractivity contribution is 5.96. The molecular weight excluding hydrogens is 338 g/mol. The number of benzene rings is 2. The van der Waals surface area contributed by atoms with Gasteiger partial charge < -0.3 is 14.6 Å². The largest absolute Gasteiger partial charge is 0.496 e. The van der Waals surface area contributed by atoms with Crippen LogP contribution in [0.25, 0.3) is 11.0 Å². The van der Waals surface area contributed by atoms with E-state index < -0.39 is 0 Å². The molecule has 0 radical (unpaired) electrons. The average Bonchev–Trinajstić information content (AvgIpc) is 3.07. The third kappa shape index (κ3) is 4.48. The van der Waals surface area contributed by atoms with E-state index in [-0.39, 0.29) is 5.91 Å². The number of hydrogen-bond donors (Lipinski definition) is 1. The topological polar surface area (TPSA) is 56.2 Å². The first kappa shape index (κ1) is 19.0. The number of aryl methyl sites for hydroxylation is 2. The molecule has 1 aromatic heterocycles. The van der Waals surface area contributed by atoms with Crippen LogP contribution in [-0.2, 0) is 13.0 Å². The zero-order valence-corrected chi connectivity index (χ0v) is 16.1. The molecule has 0 atom stereocenters. The molecule has 0 spiro atoms. The SMILES string of the molecule is CCn1c(CCCCCNC(=O)c2ccccc2OC)nc2ccccc21. The number of unbranched alkanes of at least 4 members (excludes halogenated alkanes) is 2. The Bertz CT molecular complexity index is 901. The van der Waals surface area contributed by atoms with Gasteiger partial charge in [-0.25, -0.2) is 4.98 Å². The van der Waals surface area contributed by atoms with Gasteiger partial charge in [0.1, 0.15) is 11.6 Å². The predicted molar refractivity (Wildman–Crippen MR) is 108 cm³/mol. The summed E-state index contributed by atoms with van der Waals surface area (Å²) < 4.78 is 7.53. The van der Waals surface area contributed by atoms with Gasteiger partial charge in [-0.05, 0) is 44.0 Å². The second-order valence-electron chi connectivity index (χ2n) is 6.53. The van der Waals surface area contributed by atoms with Crippen LogP contribution in [-0.4, -0.2) is 29.1 Å². The summed E-state index contributed by atoms with van der Waals surface area (Å²) in [5, 5.41) is 2.98. The zero-order valence-electron chi connectivity index (χ0n) is 16.1. The van der Waals surface area contributed by atoms with E-state index in [0.29, 0.717) is 17.9 Å². The lowest BCUT2D eigenvalue weighted by molar-refractivity contribution is 0.0950. The minimum absolute atomic E-state index is 0.0831.